The molecule has 1 fully saturated rings. The van der Waals surface area contributed by atoms with Gasteiger partial charge in [0.1, 0.15) is 0 Å². The number of nitrogens with one attached hydrogen (secondary N) is 1. The van der Waals surface area contributed by atoms with Gasteiger partial charge in [-0.15, -0.1) is 22.7 Å². The van der Waals surface area contributed by atoms with Gasteiger partial charge in [-0.2, -0.15) is 0 Å². The van der Waals surface area contributed by atoms with E-state index in [0.29, 0.717) is 5.92 Å². The van der Waals surface area contributed by atoms with E-state index >= 15 is 0 Å². The average Bonchev–Trinajstić information content (AvgIpc) is 3.21. The summed E-state index contributed by atoms with van der Waals surface area (Å²) in [6.07, 6.45) is 2.48. The number of anilines is 1. The molecule has 0 radical (unpaired) electrons. The zero-order valence-corrected chi connectivity index (χ0v) is 14.8. The first-order valence-electron chi connectivity index (χ1n) is 8.02. The number of para-hydroxylation sites is 1. The fourth-order valence-electron chi connectivity index (χ4n) is 3.19. The summed E-state index contributed by atoms with van der Waals surface area (Å²) < 4.78 is 1.30. The van der Waals surface area contributed by atoms with Crippen LogP contribution in [-0.2, 0) is 6.54 Å². The van der Waals surface area contributed by atoms with E-state index in [1.807, 2.05) is 18.4 Å². The lowest BCUT2D eigenvalue weighted by Crippen LogP contribution is -2.33. The van der Waals surface area contributed by atoms with Crippen LogP contribution < -0.4 is 5.32 Å². The molecule has 1 saturated heterocycles. The summed E-state index contributed by atoms with van der Waals surface area (Å²) in [5.41, 5.74) is 2.31. The van der Waals surface area contributed by atoms with Crippen LogP contribution in [0.15, 0.2) is 29.6 Å². The van der Waals surface area contributed by atoms with Gasteiger partial charge in [-0.05, 0) is 31.5 Å². The lowest BCUT2D eigenvalue weighted by Gasteiger charge is -2.31. The highest BCUT2D eigenvalue weighted by Crippen LogP contribution is 2.33. The minimum absolute atomic E-state index is 0.559. The first-order valence-corrected chi connectivity index (χ1v) is 9.71. The quantitative estimate of drug-likeness (QED) is 0.771. The van der Waals surface area contributed by atoms with Gasteiger partial charge >= 0.3 is 0 Å². The number of aromatic nitrogens is 2. The van der Waals surface area contributed by atoms with Crippen molar-refractivity contribution in [1.82, 2.24) is 14.9 Å². The fraction of sp³-hybridized carbons (Fsp3) is 0.412. The zero-order valence-electron chi connectivity index (χ0n) is 13.2. The number of likely N-dealkylation sites (tertiary alicyclic amines) is 1. The van der Waals surface area contributed by atoms with Crippen molar-refractivity contribution in [2.75, 3.05) is 25.5 Å². The van der Waals surface area contributed by atoms with Crippen molar-refractivity contribution < 1.29 is 0 Å². The Kier molecular flexibility index (Phi) is 4.29. The van der Waals surface area contributed by atoms with Crippen LogP contribution in [0.5, 0.6) is 0 Å². The number of benzene rings is 1. The molecule has 0 amide bonds. The van der Waals surface area contributed by atoms with Crippen LogP contribution in [0.3, 0.4) is 0 Å². The van der Waals surface area contributed by atoms with Crippen molar-refractivity contribution in [3.05, 3.63) is 40.3 Å². The van der Waals surface area contributed by atoms with E-state index in [0.717, 1.165) is 30.3 Å². The number of hydrogen-bond donors (Lipinski definition) is 1. The second kappa shape index (κ2) is 6.55. The average molecular weight is 345 g/mol. The Labute approximate surface area is 144 Å². The van der Waals surface area contributed by atoms with E-state index in [1.54, 1.807) is 11.3 Å². The molecule has 1 N–H and O–H groups in total. The minimum atomic E-state index is 0.559. The van der Waals surface area contributed by atoms with Crippen molar-refractivity contribution in [3.8, 4) is 0 Å². The highest BCUT2D eigenvalue weighted by Gasteiger charge is 2.24. The van der Waals surface area contributed by atoms with E-state index in [9.17, 15) is 0 Å². The fourth-order valence-corrected chi connectivity index (χ4v) is 4.94. The van der Waals surface area contributed by atoms with Gasteiger partial charge in [0.2, 0.25) is 0 Å². The molecular formula is C17H20N4S2. The molecule has 120 valence electrons. The molecule has 1 atom stereocenters. The molecule has 0 unspecified atom stereocenters. The van der Waals surface area contributed by atoms with Crippen LogP contribution in [0.4, 0.5) is 5.13 Å². The molecule has 0 bridgehead atoms. The van der Waals surface area contributed by atoms with E-state index in [4.69, 9.17) is 4.98 Å². The summed E-state index contributed by atoms with van der Waals surface area (Å²) in [4.78, 5) is 12.0. The van der Waals surface area contributed by atoms with Crippen molar-refractivity contribution in [3.63, 3.8) is 0 Å². The third-order valence-corrected chi connectivity index (χ3v) is 6.42. The van der Waals surface area contributed by atoms with Crippen LogP contribution in [0, 0.1) is 0 Å². The number of piperidine rings is 1. The molecule has 3 heterocycles. The third kappa shape index (κ3) is 3.24. The highest BCUT2D eigenvalue weighted by atomic mass is 32.1. The minimum Gasteiger partial charge on any atom is -0.365 e. The number of rotatable bonds is 4. The van der Waals surface area contributed by atoms with Gasteiger partial charge in [-0.25, -0.2) is 9.97 Å². The lowest BCUT2D eigenvalue weighted by molar-refractivity contribution is 0.198. The maximum absolute atomic E-state index is 4.86. The molecule has 0 saturated carbocycles. The van der Waals surface area contributed by atoms with Crippen molar-refractivity contribution >= 4 is 38.0 Å². The smallest absolute Gasteiger partial charge is 0.182 e. The topological polar surface area (TPSA) is 41.1 Å². The Morgan fingerprint density at radius 3 is 3.04 bits per heavy atom. The molecule has 0 spiro atoms. The van der Waals surface area contributed by atoms with Crippen LogP contribution in [0.2, 0.25) is 0 Å². The summed E-state index contributed by atoms with van der Waals surface area (Å²) in [7, 11) is 1.92. The molecule has 4 nitrogen and oxygen atoms in total. The SMILES string of the molecule is CNc1nc(CN2CCC[C@H](c3nc4ccccc4s3)C2)cs1. The Hall–Kier alpha value is -1.50. The van der Waals surface area contributed by atoms with Crippen LogP contribution in [0.1, 0.15) is 29.5 Å². The Bertz CT molecular complexity index is 762. The zero-order chi connectivity index (χ0) is 15.6. The molecule has 0 aliphatic carbocycles. The molecular weight excluding hydrogens is 324 g/mol. The van der Waals surface area contributed by atoms with Crippen molar-refractivity contribution in [2.24, 2.45) is 0 Å². The summed E-state index contributed by atoms with van der Waals surface area (Å²) in [6.45, 7) is 3.19. The van der Waals surface area contributed by atoms with Gasteiger partial charge in [0, 0.05) is 31.4 Å². The second-order valence-corrected chi connectivity index (χ2v) is 7.91. The van der Waals surface area contributed by atoms with Gasteiger partial charge < -0.3 is 5.32 Å². The van der Waals surface area contributed by atoms with Gasteiger partial charge in [0.05, 0.1) is 20.9 Å². The first kappa shape index (κ1) is 15.1. The largest absolute Gasteiger partial charge is 0.365 e. The molecule has 1 aromatic carbocycles. The van der Waals surface area contributed by atoms with Gasteiger partial charge in [0.25, 0.3) is 0 Å². The molecule has 4 rings (SSSR count). The first-order chi connectivity index (χ1) is 11.3. The molecule has 1 aliphatic heterocycles. The maximum atomic E-state index is 4.86. The van der Waals surface area contributed by atoms with Crippen molar-refractivity contribution in [1.29, 1.82) is 0 Å². The second-order valence-electron chi connectivity index (χ2n) is 5.99. The maximum Gasteiger partial charge on any atom is 0.182 e. The summed E-state index contributed by atoms with van der Waals surface area (Å²) in [5.74, 6) is 0.559. The van der Waals surface area contributed by atoms with E-state index in [1.165, 1.54) is 28.2 Å². The Morgan fingerprint density at radius 1 is 1.30 bits per heavy atom. The monoisotopic (exact) mass is 344 g/mol. The molecule has 2 aromatic heterocycles. The molecule has 6 heteroatoms. The van der Waals surface area contributed by atoms with E-state index in [2.05, 4.69) is 44.8 Å². The molecule has 23 heavy (non-hydrogen) atoms. The highest BCUT2D eigenvalue weighted by molar-refractivity contribution is 7.18. The summed E-state index contributed by atoms with van der Waals surface area (Å²) in [6, 6.07) is 8.45. The predicted octanol–water partition coefficient (Wildman–Crippen LogP) is 4.17. The number of thiazole rings is 2. The molecule has 3 aromatic rings. The number of nitrogens with zero attached hydrogens (tertiary/aromatic N) is 3. The summed E-state index contributed by atoms with van der Waals surface area (Å²) >= 11 is 3.54. The van der Waals surface area contributed by atoms with Crippen molar-refractivity contribution in [2.45, 2.75) is 25.3 Å². The number of fused-ring (bicyclic) bond motifs is 1. The van der Waals surface area contributed by atoms with Crippen LogP contribution >= 0.6 is 22.7 Å². The number of hydrogen-bond acceptors (Lipinski definition) is 6. The van der Waals surface area contributed by atoms with Crippen LogP contribution in [0.25, 0.3) is 10.2 Å². The molecule has 1 aliphatic rings. The van der Waals surface area contributed by atoms with E-state index in [-0.39, 0.29) is 0 Å². The lowest BCUT2D eigenvalue weighted by atomic mass is 9.98. The van der Waals surface area contributed by atoms with Gasteiger partial charge in [-0.3, -0.25) is 4.90 Å². The van der Waals surface area contributed by atoms with E-state index < -0.39 is 0 Å². The Balaban J connectivity index is 1.47. The summed E-state index contributed by atoms with van der Waals surface area (Å²) in [5, 5.41) is 7.57. The van der Waals surface area contributed by atoms with Gasteiger partial charge in [-0.1, -0.05) is 12.1 Å². The third-order valence-electron chi connectivity index (χ3n) is 4.32. The van der Waals surface area contributed by atoms with Gasteiger partial charge in [0.15, 0.2) is 5.13 Å². The normalized spacial score (nSPS) is 19.3. The van der Waals surface area contributed by atoms with Crippen LogP contribution in [-0.4, -0.2) is 35.0 Å². The Morgan fingerprint density at radius 2 is 2.22 bits per heavy atom. The predicted molar refractivity (Wildman–Crippen MR) is 98.5 cm³/mol. The standard InChI is InChI=1S/C17H20N4S2/c1-18-17-19-13(11-22-17)10-21-8-4-5-12(9-21)16-20-14-6-2-3-7-15(14)23-16/h2-3,6-7,11-12H,4-5,8-10H2,1H3,(H,18,19)/t12-/m0/s1.